The molecule has 0 bridgehead atoms. The molecular formula is C26H19N2O+. The van der Waals surface area contributed by atoms with E-state index >= 15 is 0 Å². The van der Waals surface area contributed by atoms with E-state index < -0.39 is 0 Å². The number of nitriles is 1. The Labute approximate surface area is 169 Å². The van der Waals surface area contributed by atoms with Crippen LogP contribution in [0.2, 0.25) is 0 Å². The molecule has 0 aliphatic heterocycles. The second kappa shape index (κ2) is 6.61. The quantitative estimate of drug-likeness (QED) is 0.359. The van der Waals surface area contributed by atoms with Gasteiger partial charge in [0.05, 0.1) is 17.2 Å². The Hall–Kier alpha value is -3.90. The highest BCUT2D eigenvalue weighted by Crippen LogP contribution is 2.43. The molecule has 3 aromatic carbocycles. The minimum absolute atomic E-state index is 0.630. The van der Waals surface area contributed by atoms with Gasteiger partial charge in [-0.3, -0.25) is 0 Å². The number of hydrogen-bond donors (Lipinski definition) is 0. The first-order valence-electron chi connectivity index (χ1n) is 9.58. The van der Waals surface area contributed by atoms with Crippen molar-refractivity contribution >= 4 is 21.9 Å². The lowest BCUT2D eigenvalue weighted by Crippen LogP contribution is -2.30. The maximum Gasteiger partial charge on any atom is 0.216 e. The minimum atomic E-state index is 0.630. The summed E-state index contributed by atoms with van der Waals surface area (Å²) in [5, 5.41) is 11.6. The second-order valence-corrected chi connectivity index (χ2v) is 7.28. The molecule has 29 heavy (non-hydrogen) atoms. The van der Waals surface area contributed by atoms with Crippen molar-refractivity contribution in [3.05, 3.63) is 90.1 Å². The van der Waals surface area contributed by atoms with Crippen molar-refractivity contribution in [2.75, 3.05) is 0 Å². The van der Waals surface area contributed by atoms with Gasteiger partial charge in [0.2, 0.25) is 5.69 Å². The van der Waals surface area contributed by atoms with Crippen molar-refractivity contribution in [1.29, 1.82) is 5.26 Å². The van der Waals surface area contributed by atoms with E-state index in [-0.39, 0.29) is 0 Å². The van der Waals surface area contributed by atoms with Crippen LogP contribution in [-0.4, -0.2) is 0 Å². The lowest BCUT2D eigenvalue weighted by atomic mass is 9.91. The van der Waals surface area contributed by atoms with Crippen LogP contribution in [0, 0.1) is 18.3 Å². The van der Waals surface area contributed by atoms with Gasteiger partial charge in [-0.15, -0.1) is 0 Å². The van der Waals surface area contributed by atoms with E-state index in [1.165, 1.54) is 0 Å². The summed E-state index contributed by atoms with van der Waals surface area (Å²) in [7, 11) is 2.04. The van der Waals surface area contributed by atoms with Gasteiger partial charge in [-0.05, 0) is 47.9 Å². The first-order chi connectivity index (χ1) is 14.2. The van der Waals surface area contributed by atoms with Crippen LogP contribution < -0.4 is 4.57 Å². The Morgan fingerprint density at radius 3 is 2.45 bits per heavy atom. The maximum atomic E-state index is 9.76. The van der Waals surface area contributed by atoms with Crippen molar-refractivity contribution < 1.29 is 8.98 Å². The molecule has 5 rings (SSSR count). The number of furan rings is 1. The van der Waals surface area contributed by atoms with E-state index in [0.29, 0.717) is 5.56 Å². The van der Waals surface area contributed by atoms with E-state index in [1.54, 1.807) is 0 Å². The largest absolute Gasteiger partial charge is 0.455 e. The minimum Gasteiger partial charge on any atom is -0.455 e. The molecule has 138 valence electrons. The average Bonchev–Trinajstić information content (AvgIpc) is 3.14. The van der Waals surface area contributed by atoms with Crippen molar-refractivity contribution in [3.63, 3.8) is 0 Å². The molecule has 0 saturated heterocycles. The monoisotopic (exact) mass is 375 g/mol. The smallest absolute Gasteiger partial charge is 0.216 e. The van der Waals surface area contributed by atoms with E-state index in [1.807, 2.05) is 61.8 Å². The summed E-state index contributed by atoms with van der Waals surface area (Å²) < 4.78 is 8.51. The fraction of sp³-hybridized carbons (Fsp3) is 0.0769. The number of rotatable bonds is 2. The predicted octanol–water partition coefficient (Wildman–Crippen LogP) is 5.92. The topological polar surface area (TPSA) is 40.8 Å². The standard InChI is InChI=1S/C26H19N2O/c1-17-15-20(18-9-4-3-5-10-18)25-24-19(16-27)11-8-13-22(24)29-26(25)23(17)21-12-6-7-14-28(21)2/h3-15H,1-2H3/q+1. The summed E-state index contributed by atoms with van der Waals surface area (Å²) in [6, 6.07) is 26.7. The molecule has 0 amide bonds. The van der Waals surface area contributed by atoms with E-state index in [2.05, 4.69) is 41.8 Å². The van der Waals surface area contributed by atoms with E-state index in [4.69, 9.17) is 4.42 Å². The molecule has 2 aromatic heterocycles. The number of nitrogens with zero attached hydrogens (tertiary/aromatic N) is 2. The molecule has 0 N–H and O–H groups in total. The number of benzene rings is 3. The Morgan fingerprint density at radius 2 is 1.69 bits per heavy atom. The number of hydrogen-bond acceptors (Lipinski definition) is 2. The molecule has 3 nitrogen and oxygen atoms in total. The highest BCUT2D eigenvalue weighted by atomic mass is 16.3. The zero-order valence-corrected chi connectivity index (χ0v) is 16.3. The van der Waals surface area contributed by atoms with Gasteiger partial charge in [0.15, 0.2) is 6.20 Å². The lowest BCUT2D eigenvalue weighted by Gasteiger charge is -2.11. The Morgan fingerprint density at radius 1 is 0.897 bits per heavy atom. The zero-order chi connectivity index (χ0) is 20.0. The van der Waals surface area contributed by atoms with Gasteiger partial charge in [0.25, 0.3) is 0 Å². The van der Waals surface area contributed by atoms with Gasteiger partial charge in [-0.2, -0.15) is 5.26 Å². The third-order valence-electron chi connectivity index (χ3n) is 5.48. The lowest BCUT2D eigenvalue weighted by molar-refractivity contribution is -0.660. The Kier molecular flexibility index (Phi) is 3.93. The van der Waals surface area contributed by atoms with Gasteiger partial charge in [0.1, 0.15) is 18.2 Å². The summed E-state index contributed by atoms with van der Waals surface area (Å²) >= 11 is 0. The van der Waals surface area contributed by atoms with Gasteiger partial charge >= 0.3 is 0 Å². The highest BCUT2D eigenvalue weighted by molar-refractivity contribution is 6.18. The SMILES string of the molecule is Cc1cc(-c2ccccc2)c2c(oc3cccc(C#N)c32)c1-c1cccc[n+]1C. The molecular weight excluding hydrogens is 356 g/mol. The molecule has 2 heterocycles. The molecule has 0 saturated carbocycles. The fourth-order valence-electron chi connectivity index (χ4n) is 4.16. The number of aromatic nitrogens is 1. The third kappa shape index (κ3) is 2.61. The number of aryl methyl sites for hydroxylation is 2. The molecule has 0 fully saturated rings. The van der Waals surface area contributed by atoms with Crippen molar-refractivity contribution in [3.8, 4) is 28.5 Å². The van der Waals surface area contributed by atoms with Crippen LogP contribution in [0.4, 0.5) is 0 Å². The molecule has 0 radical (unpaired) electrons. The van der Waals surface area contributed by atoms with Crippen LogP contribution in [0.3, 0.4) is 0 Å². The fourth-order valence-corrected chi connectivity index (χ4v) is 4.16. The summed E-state index contributed by atoms with van der Waals surface area (Å²) in [6.07, 6.45) is 2.04. The van der Waals surface area contributed by atoms with E-state index in [9.17, 15) is 5.26 Å². The molecule has 0 atom stereocenters. The number of pyridine rings is 1. The number of fused-ring (bicyclic) bond motifs is 3. The van der Waals surface area contributed by atoms with E-state index in [0.717, 1.165) is 49.9 Å². The third-order valence-corrected chi connectivity index (χ3v) is 5.48. The molecule has 0 aliphatic rings. The normalized spacial score (nSPS) is 11.1. The van der Waals surface area contributed by atoms with Crippen molar-refractivity contribution in [2.45, 2.75) is 6.92 Å². The Bertz CT molecular complexity index is 1420. The predicted molar refractivity (Wildman–Crippen MR) is 115 cm³/mol. The van der Waals surface area contributed by atoms with Gasteiger partial charge < -0.3 is 4.42 Å². The molecule has 0 aliphatic carbocycles. The molecule has 0 unspecified atom stereocenters. The van der Waals surface area contributed by atoms with Crippen LogP contribution in [0.25, 0.3) is 44.3 Å². The second-order valence-electron chi connectivity index (χ2n) is 7.28. The first kappa shape index (κ1) is 17.2. The summed E-state index contributed by atoms with van der Waals surface area (Å²) in [5.41, 5.74) is 7.66. The Balaban J connectivity index is 2.02. The molecule has 3 heteroatoms. The highest BCUT2D eigenvalue weighted by Gasteiger charge is 2.24. The van der Waals surface area contributed by atoms with Crippen LogP contribution in [-0.2, 0) is 7.05 Å². The van der Waals surface area contributed by atoms with Crippen molar-refractivity contribution in [1.82, 2.24) is 0 Å². The maximum absolute atomic E-state index is 9.76. The van der Waals surface area contributed by atoms with Crippen molar-refractivity contribution in [2.24, 2.45) is 7.05 Å². The van der Waals surface area contributed by atoms with Crippen LogP contribution in [0.15, 0.2) is 83.4 Å². The summed E-state index contributed by atoms with van der Waals surface area (Å²) in [6.45, 7) is 2.12. The first-order valence-corrected chi connectivity index (χ1v) is 9.58. The van der Waals surface area contributed by atoms with Gasteiger partial charge in [0, 0.05) is 22.9 Å². The van der Waals surface area contributed by atoms with Crippen LogP contribution in [0.1, 0.15) is 11.1 Å². The zero-order valence-electron chi connectivity index (χ0n) is 16.3. The molecule has 5 aromatic rings. The van der Waals surface area contributed by atoms with Crippen LogP contribution in [0.5, 0.6) is 0 Å². The summed E-state index contributed by atoms with van der Waals surface area (Å²) in [5.74, 6) is 0. The average molecular weight is 375 g/mol. The molecule has 0 spiro atoms. The van der Waals surface area contributed by atoms with Gasteiger partial charge in [-0.1, -0.05) is 36.4 Å². The summed E-state index contributed by atoms with van der Waals surface area (Å²) in [4.78, 5) is 0. The van der Waals surface area contributed by atoms with Crippen LogP contribution >= 0.6 is 0 Å². The van der Waals surface area contributed by atoms with Gasteiger partial charge in [-0.25, -0.2) is 4.57 Å².